The van der Waals surface area contributed by atoms with Crippen molar-refractivity contribution in [3.8, 4) is 11.3 Å². The molecular weight excluding hydrogens is 342 g/mol. The second-order valence-electron chi connectivity index (χ2n) is 6.69. The first-order valence-electron chi connectivity index (χ1n) is 9.00. The summed E-state index contributed by atoms with van der Waals surface area (Å²) in [5.74, 6) is 0. The fourth-order valence-corrected chi connectivity index (χ4v) is 4.10. The minimum Gasteiger partial charge on any atom is -0.390 e. The number of aliphatic hydroxyl groups is 1. The van der Waals surface area contributed by atoms with E-state index < -0.39 is 6.10 Å². The van der Waals surface area contributed by atoms with Gasteiger partial charge in [-0.2, -0.15) is 0 Å². The van der Waals surface area contributed by atoms with Gasteiger partial charge < -0.3 is 10.4 Å². The predicted octanol–water partition coefficient (Wildman–Crippen LogP) is 3.64. The van der Waals surface area contributed by atoms with Crippen LogP contribution in [0.25, 0.3) is 11.3 Å². The van der Waals surface area contributed by atoms with Crippen molar-refractivity contribution in [3.05, 3.63) is 71.1 Å². The molecule has 3 aromatic rings. The van der Waals surface area contributed by atoms with Gasteiger partial charge >= 0.3 is 0 Å². The lowest BCUT2D eigenvalue weighted by molar-refractivity contribution is 0.114. The number of hydrogen-bond donors (Lipinski definition) is 2. The van der Waals surface area contributed by atoms with E-state index in [9.17, 15) is 5.11 Å². The number of hydrogen-bond acceptors (Lipinski definition) is 5. The van der Waals surface area contributed by atoms with E-state index >= 15 is 0 Å². The number of nitrogens with one attached hydrogen (secondary N) is 1. The first-order valence-corrected chi connectivity index (χ1v) is 9.88. The van der Waals surface area contributed by atoms with Crippen LogP contribution in [-0.2, 0) is 13.0 Å². The second kappa shape index (κ2) is 7.99. The summed E-state index contributed by atoms with van der Waals surface area (Å²) < 4.78 is 0. The van der Waals surface area contributed by atoms with Gasteiger partial charge in [-0.25, -0.2) is 4.98 Å². The van der Waals surface area contributed by atoms with Crippen LogP contribution >= 0.6 is 11.3 Å². The van der Waals surface area contributed by atoms with Gasteiger partial charge in [-0.05, 0) is 17.5 Å². The minimum atomic E-state index is -0.413. The Morgan fingerprint density at radius 3 is 2.69 bits per heavy atom. The summed E-state index contributed by atoms with van der Waals surface area (Å²) >= 11 is 1.58. The smallest absolute Gasteiger partial charge is 0.183 e. The molecule has 0 aliphatic carbocycles. The van der Waals surface area contributed by atoms with E-state index in [1.165, 1.54) is 11.1 Å². The van der Waals surface area contributed by atoms with Gasteiger partial charge in [-0.15, -0.1) is 11.3 Å². The van der Waals surface area contributed by atoms with Crippen molar-refractivity contribution in [3.63, 3.8) is 0 Å². The number of β-amino-alcohol motifs (C(OH)–C–C–N with tert-alkyl or cyclic N) is 1. The molecule has 4 nitrogen and oxygen atoms in total. The molecule has 134 valence electrons. The zero-order chi connectivity index (χ0) is 17.8. The van der Waals surface area contributed by atoms with Crippen molar-refractivity contribution in [2.24, 2.45) is 0 Å². The molecular formula is C21H23N3OS. The molecule has 0 fully saturated rings. The number of aliphatic hydroxyl groups excluding tert-OH is 1. The molecule has 1 aliphatic heterocycles. The summed E-state index contributed by atoms with van der Waals surface area (Å²) in [4.78, 5) is 6.94. The number of benzene rings is 2. The van der Waals surface area contributed by atoms with E-state index in [-0.39, 0.29) is 0 Å². The molecule has 1 aliphatic rings. The number of aromatic nitrogens is 1. The third kappa shape index (κ3) is 4.12. The Kier molecular flexibility index (Phi) is 5.29. The lowest BCUT2D eigenvalue weighted by atomic mass is 10.00. The van der Waals surface area contributed by atoms with Gasteiger partial charge in [0.05, 0.1) is 11.8 Å². The average Bonchev–Trinajstić information content (AvgIpc) is 3.16. The molecule has 2 aromatic carbocycles. The molecule has 0 spiro atoms. The molecule has 5 heteroatoms. The van der Waals surface area contributed by atoms with Crippen molar-refractivity contribution in [2.75, 3.05) is 25.0 Å². The third-order valence-electron chi connectivity index (χ3n) is 4.74. The van der Waals surface area contributed by atoms with Crippen LogP contribution < -0.4 is 5.32 Å². The monoisotopic (exact) mass is 365 g/mol. The quantitative estimate of drug-likeness (QED) is 0.700. The van der Waals surface area contributed by atoms with Gasteiger partial charge in [-0.1, -0.05) is 54.6 Å². The van der Waals surface area contributed by atoms with Gasteiger partial charge in [-0.3, -0.25) is 4.90 Å². The molecule has 1 aromatic heterocycles. The van der Waals surface area contributed by atoms with Crippen LogP contribution in [0.3, 0.4) is 0 Å². The second-order valence-corrected chi connectivity index (χ2v) is 7.55. The molecule has 26 heavy (non-hydrogen) atoms. The van der Waals surface area contributed by atoms with Crippen LogP contribution in [0.5, 0.6) is 0 Å². The summed E-state index contributed by atoms with van der Waals surface area (Å²) in [6, 6.07) is 18.7. The van der Waals surface area contributed by atoms with Crippen LogP contribution in [0.15, 0.2) is 60.0 Å². The van der Waals surface area contributed by atoms with Gasteiger partial charge in [0.25, 0.3) is 0 Å². The first kappa shape index (κ1) is 17.2. The molecule has 0 saturated carbocycles. The van der Waals surface area contributed by atoms with Crippen LogP contribution in [0.2, 0.25) is 0 Å². The zero-order valence-corrected chi connectivity index (χ0v) is 15.5. The maximum Gasteiger partial charge on any atom is 0.183 e. The lowest BCUT2D eigenvalue weighted by Crippen LogP contribution is -2.39. The lowest BCUT2D eigenvalue weighted by Gasteiger charge is -2.30. The maximum absolute atomic E-state index is 10.4. The fraction of sp³-hybridized carbons (Fsp3) is 0.286. The van der Waals surface area contributed by atoms with Crippen molar-refractivity contribution >= 4 is 16.5 Å². The molecule has 0 amide bonds. The predicted molar refractivity (Wildman–Crippen MR) is 107 cm³/mol. The SMILES string of the molecule is OC(CNc1nc(-c2ccccc2)cs1)CN1CCc2ccccc2C1. The summed E-state index contributed by atoms with van der Waals surface area (Å²) in [7, 11) is 0. The highest BCUT2D eigenvalue weighted by atomic mass is 32.1. The Hall–Kier alpha value is -2.21. The number of fused-ring (bicyclic) bond motifs is 1. The van der Waals surface area contributed by atoms with Gasteiger partial charge in [0.1, 0.15) is 0 Å². The van der Waals surface area contributed by atoms with E-state index in [0.29, 0.717) is 13.1 Å². The number of nitrogens with zero attached hydrogens (tertiary/aromatic N) is 2. The molecule has 1 atom stereocenters. The van der Waals surface area contributed by atoms with E-state index in [0.717, 1.165) is 35.9 Å². The van der Waals surface area contributed by atoms with Crippen molar-refractivity contribution in [1.82, 2.24) is 9.88 Å². The van der Waals surface area contributed by atoms with Gasteiger partial charge in [0.2, 0.25) is 0 Å². The van der Waals surface area contributed by atoms with Crippen molar-refractivity contribution in [1.29, 1.82) is 0 Å². The Morgan fingerprint density at radius 1 is 1.08 bits per heavy atom. The number of rotatable bonds is 6. The first-order chi connectivity index (χ1) is 12.8. The number of thiazole rings is 1. The third-order valence-corrected chi connectivity index (χ3v) is 5.54. The summed E-state index contributed by atoms with van der Waals surface area (Å²) in [6.45, 7) is 3.12. The van der Waals surface area contributed by atoms with E-state index in [1.54, 1.807) is 11.3 Å². The summed E-state index contributed by atoms with van der Waals surface area (Å²) in [5.41, 5.74) is 4.91. The molecule has 2 N–H and O–H groups in total. The maximum atomic E-state index is 10.4. The number of anilines is 1. The highest BCUT2D eigenvalue weighted by Crippen LogP contribution is 2.24. The largest absolute Gasteiger partial charge is 0.390 e. The zero-order valence-electron chi connectivity index (χ0n) is 14.6. The van der Waals surface area contributed by atoms with Gasteiger partial charge in [0.15, 0.2) is 5.13 Å². The van der Waals surface area contributed by atoms with E-state index in [4.69, 9.17) is 0 Å². The standard InChI is InChI=1S/C21H23N3OS/c25-19(14-24-11-10-16-6-4-5-9-18(16)13-24)12-22-21-23-20(15-26-21)17-7-2-1-3-8-17/h1-9,15,19,25H,10-14H2,(H,22,23). The Bertz CT molecular complexity index is 849. The average molecular weight is 366 g/mol. The molecule has 2 heterocycles. The van der Waals surface area contributed by atoms with Crippen LogP contribution in [0.4, 0.5) is 5.13 Å². The normalized spacial score (nSPS) is 15.4. The van der Waals surface area contributed by atoms with Crippen molar-refractivity contribution < 1.29 is 5.11 Å². The molecule has 4 rings (SSSR count). The van der Waals surface area contributed by atoms with Crippen LogP contribution in [-0.4, -0.2) is 40.7 Å². The molecule has 0 radical (unpaired) electrons. The van der Waals surface area contributed by atoms with Crippen LogP contribution in [0, 0.1) is 0 Å². The fourth-order valence-electron chi connectivity index (χ4n) is 3.37. The highest BCUT2D eigenvalue weighted by Gasteiger charge is 2.18. The van der Waals surface area contributed by atoms with Crippen LogP contribution in [0.1, 0.15) is 11.1 Å². The van der Waals surface area contributed by atoms with Crippen molar-refractivity contribution in [2.45, 2.75) is 19.1 Å². The highest BCUT2D eigenvalue weighted by molar-refractivity contribution is 7.14. The minimum absolute atomic E-state index is 0.413. The summed E-state index contributed by atoms with van der Waals surface area (Å²) in [6.07, 6.45) is 0.646. The van der Waals surface area contributed by atoms with E-state index in [1.807, 2.05) is 23.6 Å². The van der Waals surface area contributed by atoms with E-state index in [2.05, 4.69) is 51.6 Å². The van der Waals surface area contributed by atoms with Gasteiger partial charge in [0, 0.05) is 37.1 Å². The molecule has 0 saturated heterocycles. The summed E-state index contributed by atoms with van der Waals surface area (Å²) in [5, 5.41) is 16.6. The Labute approximate surface area is 158 Å². The molecule has 1 unspecified atom stereocenters. The Morgan fingerprint density at radius 2 is 1.85 bits per heavy atom. The Balaban J connectivity index is 1.28. The molecule has 0 bridgehead atoms. The topological polar surface area (TPSA) is 48.4 Å².